The Morgan fingerprint density at radius 2 is 1.67 bits per heavy atom. The van der Waals surface area contributed by atoms with Crippen molar-refractivity contribution in [3.63, 3.8) is 0 Å². The van der Waals surface area contributed by atoms with Gasteiger partial charge in [-0.05, 0) is 42.0 Å². The molecule has 11 heteroatoms. The second-order valence-corrected chi connectivity index (χ2v) is 9.60. The fourth-order valence-electron chi connectivity index (χ4n) is 3.32. The number of benzene rings is 3. The Bertz CT molecular complexity index is 1360. The van der Waals surface area contributed by atoms with E-state index in [1.165, 1.54) is 11.3 Å². The van der Waals surface area contributed by atoms with Crippen LogP contribution in [-0.2, 0) is 17.4 Å². The summed E-state index contributed by atoms with van der Waals surface area (Å²) < 4.78 is 39.4. The molecule has 6 nitrogen and oxygen atoms in total. The van der Waals surface area contributed by atoms with Gasteiger partial charge in [0, 0.05) is 22.0 Å². The number of aromatic nitrogens is 2. The molecule has 0 saturated heterocycles. The molecule has 2 N–H and O–H groups in total. The lowest BCUT2D eigenvalue weighted by molar-refractivity contribution is -0.137. The summed E-state index contributed by atoms with van der Waals surface area (Å²) in [5.41, 5.74) is 0.744. The zero-order valence-electron chi connectivity index (χ0n) is 18.4. The Balaban J connectivity index is 1.51. The lowest BCUT2D eigenvalue weighted by Gasteiger charge is -2.18. The number of nitrogens with one attached hydrogen (secondary N) is 2. The van der Waals surface area contributed by atoms with Crippen molar-refractivity contribution in [1.29, 1.82) is 0 Å². The van der Waals surface area contributed by atoms with Crippen molar-refractivity contribution in [3.8, 4) is 10.6 Å². The monoisotopic (exact) mass is 574 g/mol. The van der Waals surface area contributed by atoms with Gasteiger partial charge in [-0.2, -0.15) is 13.2 Å². The standard InChI is InChI=1S/C25H18BrF3N4O2S/c26-19-8-4-7-17(14-19)23-32-33-24(36-23)31-22(35)20(13-15-5-2-1-3-6-15)30-21(34)16-9-11-18(12-10-16)25(27,28)29/h1-12,14,20H,13H2,(H,30,34)(H,31,33,35)/t20-/m0/s1. The minimum atomic E-state index is -4.51. The molecule has 0 fully saturated rings. The number of hydrogen-bond donors (Lipinski definition) is 2. The van der Waals surface area contributed by atoms with Crippen molar-refractivity contribution in [2.45, 2.75) is 18.6 Å². The summed E-state index contributed by atoms with van der Waals surface area (Å²) in [6.45, 7) is 0. The second kappa shape index (κ2) is 11.0. The summed E-state index contributed by atoms with van der Waals surface area (Å²) in [5.74, 6) is -1.21. The van der Waals surface area contributed by atoms with E-state index in [1.807, 2.05) is 30.3 Å². The SMILES string of the molecule is O=C(N[C@@H](Cc1ccccc1)C(=O)Nc1nnc(-c2cccc(Br)c2)s1)c1ccc(C(F)(F)F)cc1. The van der Waals surface area contributed by atoms with E-state index in [-0.39, 0.29) is 17.1 Å². The average Bonchev–Trinajstić information content (AvgIpc) is 3.32. The van der Waals surface area contributed by atoms with Crippen LogP contribution in [0.15, 0.2) is 83.3 Å². The van der Waals surface area contributed by atoms with Crippen LogP contribution in [0.4, 0.5) is 18.3 Å². The Hall–Kier alpha value is -3.57. The number of anilines is 1. The number of rotatable bonds is 7. The van der Waals surface area contributed by atoms with E-state index in [4.69, 9.17) is 0 Å². The van der Waals surface area contributed by atoms with Crippen molar-refractivity contribution in [1.82, 2.24) is 15.5 Å². The van der Waals surface area contributed by atoms with Crippen LogP contribution in [0, 0.1) is 0 Å². The highest BCUT2D eigenvalue weighted by Gasteiger charge is 2.30. The molecule has 0 radical (unpaired) electrons. The first-order chi connectivity index (χ1) is 17.2. The van der Waals surface area contributed by atoms with Crippen molar-refractivity contribution in [2.75, 3.05) is 5.32 Å². The highest BCUT2D eigenvalue weighted by molar-refractivity contribution is 9.10. The maximum Gasteiger partial charge on any atom is 0.416 e. The Labute approximate surface area is 216 Å². The molecule has 0 saturated carbocycles. The summed E-state index contributed by atoms with van der Waals surface area (Å²) in [5, 5.41) is 14.3. The average molecular weight is 575 g/mol. The molecule has 1 heterocycles. The molecule has 4 aromatic rings. The molecular formula is C25H18BrF3N4O2S. The third-order valence-electron chi connectivity index (χ3n) is 5.11. The molecule has 4 rings (SSSR count). The fourth-order valence-corrected chi connectivity index (χ4v) is 4.46. The van der Waals surface area contributed by atoms with Crippen LogP contribution in [0.5, 0.6) is 0 Å². The zero-order valence-corrected chi connectivity index (χ0v) is 20.8. The molecular weight excluding hydrogens is 557 g/mol. The maximum absolute atomic E-state index is 13.1. The van der Waals surface area contributed by atoms with Gasteiger partial charge in [0.25, 0.3) is 5.91 Å². The molecule has 0 bridgehead atoms. The van der Waals surface area contributed by atoms with Crippen LogP contribution in [-0.4, -0.2) is 28.1 Å². The van der Waals surface area contributed by atoms with Crippen LogP contribution in [0.3, 0.4) is 0 Å². The predicted octanol–water partition coefficient (Wildman–Crippen LogP) is 5.97. The highest BCUT2D eigenvalue weighted by atomic mass is 79.9. The molecule has 0 aliphatic carbocycles. The third-order valence-corrected chi connectivity index (χ3v) is 6.49. The lowest BCUT2D eigenvalue weighted by Crippen LogP contribution is -2.45. The number of hydrogen-bond acceptors (Lipinski definition) is 5. The number of carbonyl (C=O) groups excluding carboxylic acids is 2. The van der Waals surface area contributed by atoms with Gasteiger partial charge in [-0.25, -0.2) is 0 Å². The number of nitrogens with zero attached hydrogens (tertiary/aromatic N) is 2. The first-order valence-electron chi connectivity index (χ1n) is 10.6. The van der Waals surface area contributed by atoms with Gasteiger partial charge in [-0.15, -0.1) is 10.2 Å². The Kier molecular flexibility index (Phi) is 7.80. The van der Waals surface area contributed by atoms with Crippen LogP contribution in [0.25, 0.3) is 10.6 Å². The topological polar surface area (TPSA) is 84.0 Å². The number of alkyl halides is 3. The van der Waals surface area contributed by atoms with E-state index in [9.17, 15) is 22.8 Å². The quantitative estimate of drug-likeness (QED) is 0.285. The summed E-state index contributed by atoms with van der Waals surface area (Å²) in [6.07, 6.45) is -4.35. The van der Waals surface area contributed by atoms with Gasteiger partial charge in [0.15, 0.2) is 0 Å². The van der Waals surface area contributed by atoms with Crippen LogP contribution >= 0.6 is 27.3 Å². The zero-order chi connectivity index (χ0) is 25.7. The summed E-state index contributed by atoms with van der Waals surface area (Å²) >= 11 is 4.58. The van der Waals surface area contributed by atoms with Crippen LogP contribution in [0.1, 0.15) is 21.5 Å². The van der Waals surface area contributed by atoms with Crippen molar-refractivity contribution >= 4 is 44.2 Å². The molecule has 3 aromatic carbocycles. The summed E-state index contributed by atoms with van der Waals surface area (Å²) in [4.78, 5) is 25.9. The molecule has 36 heavy (non-hydrogen) atoms. The molecule has 1 atom stereocenters. The van der Waals surface area contributed by atoms with Crippen LogP contribution in [0.2, 0.25) is 0 Å². The Morgan fingerprint density at radius 1 is 0.944 bits per heavy atom. The van der Waals surface area contributed by atoms with Crippen molar-refractivity contribution in [3.05, 3.63) is 100 Å². The van der Waals surface area contributed by atoms with Gasteiger partial charge >= 0.3 is 6.18 Å². The van der Waals surface area contributed by atoms with Gasteiger partial charge in [0.2, 0.25) is 11.0 Å². The number of halogens is 4. The van der Waals surface area contributed by atoms with E-state index < -0.39 is 29.6 Å². The van der Waals surface area contributed by atoms with Crippen molar-refractivity contribution < 1.29 is 22.8 Å². The minimum absolute atomic E-state index is 0.00159. The van der Waals surface area contributed by atoms with E-state index in [2.05, 4.69) is 36.8 Å². The molecule has 0 unspecified atom stereocenters. The highest BCUT2D eigenvalue weighted by Crippen LogP contribution is 2.30. The molecule has 1 aromatic heterocycles. The molecule has 0 aliphatic rings. The predicted molar refractivity (Wildman–Crippen MR) is 135 cm³/mol. The third kappa shape index (κ3) is 6.55. The Morgan fingerprint density at radius 3 is 2.33 bits per heavy atom. The van der Waals surface area contributed by atoms with Gasteiger partial charge in [-0.3, -0.25) is 14.9 Å². The van der Waals surface area contributed by atoms with E-state index >= 15 is 0 Å². The maximum atomic E-state index is 13.1. The number of carbonyl (C=O) groups is 2. The second-order valence-electron chi connectivity index (χ2n) is 7.70. The molecule has 2 amide bonds. The largest absolute Gasteiger partial charge is 0.416 e. The first kappa shape index (κ1) is 25.5. The lowest BCUT2D eigenvalue weighted by atomic mass is 10.0. The first-order valence-corrected chi connectivity index (χ1v) is 12.2. The molecule has 0 spiro atoms. The smallest absolute Gasteiger partial charge is 0.340 e. The van der Waals surface area contributed by atoms with E-state index in [1.54, 1.807) is 24.3 Å². The van der Waals surface area contributed by atoms with Crippen LogP contribution < -0.4 is 10.6 Å². The van der Waals surface area contributed by atoms with Gasteiger partial charge in [-0.1, -0.05) is 69.7 Å². The van der Waals surface area contributed by atoms with Crippen molar-refractivity contribution in [2.24, 2.45) is 0 Å². The number of amides is 2. The van der Waals surface area contributed by atoms with E-state index in [0.29, 0.717) is 5.01 Å². The molecule has 0 aliphatic heterocycles. The molecule has 184 valence electrons. The van der Waals surface area contributed by atoms with Gasteiger partial charge in [0.1, 0.15) is 11.0 Å². The summed E-state index contributed by atoms with van der Waals surface area (Å²) in [6, 6.07) is 19.3. The van der Waals surface area contributed by atoms with Gasteiger partial charge in [0.05, 0.1) is 5.56 Å². The summed E-state index contributed by atoms with van der Waals surface area (Å²) in [7, 11) is 0. The normalized spacial score (nSPS) is 12.1. The van der Waals surface area contributed by atoms with Gasteiger partial charge < -0.3 is 5.32 Å². The van der Waals surface area contributed by atoms with E-state index in [0.717, 1.165) is 39.9 Å². The fraction of sp³-hybridized carbons (Fsp3) is 0.120. The minimum Gasteiger partial charge on any atom is -0.340 e.